The first-order chi connectivity index (χ1) is 6.69. The van der Waals surface area contributed by atoms with Crippen molar-refractivity contribution in [1.82, 2.24) is 0 Å². The number of rotatable bonds is 3. The van der Waals surface area contributed by atoms with E-state index in [0.29, 0.717) is 11.7 Å². The van der Waals surface area contributed by atoms with Gasteiger partial charge in [0.15, 0.2) is 0 Å². The fraction of sp³-hybridized carbons (Fsp3) is 0.364. The second-order valence-electron chi connectivity index (χ2n) is 3.22. The van der Waals surface area contributed by atoms with Gasteiger partial charge in [-0.1, -0.05) is 13.8 Å². The highest BCUT2D eigenvalue weighted by Crippen LogP contribution is 2.31. The molecule has 0 aliphatic heterocycles. The summed E-state index contributed by atoms with van der Waals surface area (Å²) in [4.78, 5) is 0.889. The Morgan fingerprint density at radius 3 is 2.86 bits per heavy atom. The molecule has 1 aromatic rings. The maximum atomic E-state index is 9.61. The SMILES string of the molecule is CCC(C)c1cc(SC#N)ccc1O. The summed E-state index contributed by atoms with van der Waals surface area (Å²) in [7, 11) is 0. The summed E-state index contributed by atoms with van der Waals surface area (Å²) in [5.74, 6) is 0.649. The molecule has 0 saturated carbocycles. The van der Waals surface area contributed by atoms with E-state index in [1.807, 2.05) is 11.5 Å². The normalized spacial score (nSPS) is 12.1. The highest BCUT2D eigenvalue weighted by atomic mass is 32.2. The van der Waals surface area contributed by atoms with Gasteiger partial charge in [0.25, 0.3) is 0 Å². The average Bonchev–Trinajstić information content (AvgIpc) is 2.20. The van der Waals surface area contributed by atoms with E-state index in [4.69, 9.17) is 5.26 Å². The van der Waals surface area contributed by atoms with Crippen LogP contribution < -0.4 is 0 Å². The molecule has 0 heterocycles. The van der Waals surface area contributed by atoms with Crippen LogP contribution in [0, 0.1) is 10.7 Å². The highest BCUT2D eigenvalue weighted by Gasteiger charge is 2.09. The molecule has 1 atom stereocenters. The quantitative estimate of drug-likeness (QED) is 0.609. The van der Waals surface area contributed by atoms with Gasteiger partial charge in [0, 0.05) is 4.90 Å². The highest BCUT2D eigenvalue weighted by molar-refractivity contribution is 8.03. The summed E-state index contributed by atoms with van der Waals surface area (Å²) in [5, 5.41) is 20.2. The second-order valence-corrected chi connectivity index (χ2v) is 4.08. The van der Waals surface area contributed by atoms with Crippen LogP contribution in [0.4, 0.5) is 0 Å². The Kier molecular flexibility index (Phi) is 3.84. The van der Waals surface area contributed by atoms with Gasteiger partial charge < -0.3 is 5.11 Å². The standard InChI is InChI=1S/C11H13NOS/c1-3-8(2)10-6-9(14-7-12)4-5-11(10)13/h4-6,8,13H,3H2,1-2H3. The van der Waals surface area contributed by atoms with Crippen molar-refractivity contribution in [2.45, 2.75) is 31.1 Å². The largest absolute Gasteiger partial charge is 0.508 e. The lowest BCUT2D eigenvalue weighted by molar-refractivity contribution is 0.461. The molecular formula is C11H13NOS. The van der Waals surface area contributed by atoms with Crippen molar-refractivity contribution in [2.75, 3.05) is 0 Å². The average molecular weight is 207 g/mol. The van der Waals surface area contributed by atoms with Gasteiger partial charge in [-0.3, -0.25) is 0 Å². The molecule has 0 spiro atoms. The number of hydrogen-bond acceptors (Lipinski definition) is 3. The Morgan fingerprint density at radius 1 is 1.57 bits per heavy atom. The molecule has 2 nitrogen and oxygen atoms in total. The van der Waals surface area contributed by atoms with Crippen molar-refractivity contribution in [3.05, 3.63) is 23.8 Å². The number of nitrogens with zero attached hydrogens (tertiary/aromatic N) is 1. The van der Waals surface area contributed by atoms with E-state index in [0.717, 1.165) is 28.6 Å². The van der Waals surface area contributed by atoms with Crippen LogP contribution >= 0.6 is 11.8 Å². The zero-order chi connectivity index (χ0) is 10.6. The van der Waals surface area contributed by atoms with Crippen molar-refractivity contribution in [3.8, 4) is 11.2 Å². The first-order valence-corrected chi connectivity index (χ1v) is 5.39. The number of phenolic OH excluding ortho intramolecular Hbond substituents is 1. The molecule has 0 aliphatic rings. The fourth-order valence-corrected chi connectivity index (χ4v) is 1.69. The van der Waals surface area contributed by atoms with Crippen LogP contribution in [-0.2, 0) is 0 Å². The van der Waals surface area contributed by atoms with Crippen LogP contribution in [0.5, 0.6) is 5.75 Å². The van der Waals surface area contributed by atoms with E-state index in [1.54, 1.807) is 12.1 Å². The summed E-state index contributed by atoms with van der Waals surface area (Å²) in [6, 6.07) is 5.30. The minimum absolute atomic E-state index is 0.321. The first kappa shape index (κ1) is 10.9. The molecule has 1 rings (SSSR count). The van der Waals surface area contributed by atoms with Gasteiger partial charge in [0.1, 0.15) is 11.2 Å². The van der Waals surface area contributed by atoms with Crippen LogP contribution in [0.3, 0.4) is 0 Å². The Morgan fingerprint density at radius 2 is 2.29 bits per heavy atom. The van der Waals surface area contributed by atoms with E-state index in [1.165, 1.54) is 0 Å². The van der Waals surface area contributed by atoms with E-state index in [-0.39, 0.29) is 0 Å². The molecule has 0 radical (unpaired) electrons. The molecule has 0 saturated heterocycles. The van der Waals surface area contributed by atoms with E-state index in [2.05, 4.69) is 13.8 Å². The van der Waals surface area contributed by atoms with Gasteiger partial charge in [-0.2, -0.15) is 5.26 Å². The van der Waals surface area contributed by atoms with Crippen molar-refractivity contribution in [3.63, 3.8) is 0 Å². The maximum Gasteiger partial charge on any atom is 0.138 e. The fourth-order valence-electron chi connectivity index (χ4n) is 1.26. The van der Waals surface area contributed by atoms with Gasteiger partial charge >= 0.3 is 0 Å². The van der Waals surface area contributed by atoms with Crippen LogP contribution in [0.2, 0.25) is 0 Å². The molecule has 1 aromatic carbocycles. The Balaban J connectivity index is 3.03. The van der Waals surface area contributed by atoms with Gasteiger partial charge in [-0.15, -0.1) is 0 Å². The number of hydrogen-bond donors (Lipinski definition) is 1. The molecule has 0 bridgehead atoms. The van der Waals surface area contributed by atoms with E-state index >= 15 is 0 Å². The molecule has 1 N–H and O–H groups in total. The maximum absolute atomic E-state index is 9.61. The number of aromatic hydroxyl groups is 1. The lowest BCUT2D eigenvalue weighted by atomic mass is 9.98. The minimum Gasteiger partial charge on any atom is -0.508 e. The zero-order valence-corrected chi connectivity index (χ0v) is 9.14. The lowest BCUT2D eigenvalue weighted by Gasteiger charge is -2.11. The molecule has 3 heteroatoms. The lowest BCUT2D eigenvalue weighted by Crippen LogP contribution is -1.92. The van der Waals surface area contributed by atoms with Gasteiger partial charge in [0.05, 0.1) is 0 Å². The van der Waals surface area contributed by atoms with Crippen molar-refractivity contribution in [1.29, 1.82) is 5.26 Å². The third-order valence-electron chi connectivity index (χ3n) is 2.31. The Labute approximate surface area is 88.6 Å². The summed E-state index contributed by atoms with van der Waals surface area (Å²) in [5.41, 5.74) is 0.924. The molecule has 0 aliphatic carbocycles. The van der Waals surface area contributed by atoms with Gasteiger partial charge in [-0.25, -0.2) is 0 Å². The summed E-state index contributed by atoms with van der Waals surface area (Å²) < 4.78 is 0. The molecule has 14 heavy (non-hydrogen) atoms. The number of benzene rings is 1. The molecular weight excluding hydrogens is 194 g/mol. The predicted molar refractivity (Wildman–Crippen MR) is 58.3 cm³/mol. The Hall–Kier alpha value is -1.14. The third kappa shape index (κ3) is 2.43. The molecule has 74 valence electrons. The van der Waals surface area contributed by atoms with Crippen LogP contribution in [0.25, 0.3) is 0 Å². The van der Waals surface area contributed by atoms with Crippen LogP contribution in [-0.4, -0.2) is 5.11 Å². The van der Waals surface area contributed by atoms with Crippen LogP contribution in [0.15, 0.2) is 23.1 Å². The first-order valence-electron chi connectivity index (χ1n) is 4.57. The predicted octanol–water partition coefficient (Wildman–Crippen LogP) is 3.48. The van der Waals surface area contributed by atoms with E-state index in [9.17, 15) is 5.11 Å². The van der Waals surface area contributed by atoms with Gasteiger partial charge in [-0.05, 0) is 47.9 Å². The smallest absolute Gasteiger partial charge is 0.138 e. The van der Waals surface area contributed by atoms with E-state index < -0.39 is 0 Å². The zero-order valence-electron chi connectivity index (χ0n) is 8.32. The van der Waals surface area contributed by atoms with Crippen molar-refractivity contribution < 1.29 is 5.11 Å². The molecule has 0 aromatic heterocycles. The summed E-state index contributed by atoms with van der Waals surface area (Å²) in [6.07, 6.45) is 0.980. The minimum atomic E-state index is 0.321. The second kappa shape index (κ2) is 4.92. The number of thiocyanates is 1. The molecule has 0 fully saturated rings. The Bertz CT molecular complexity index is 357. The molecule has 0 amide bonds. The van der Waals surface area contributed by atoms with Crippen molar-refractivity contribution >= 4 is 11.8 Å². The van der Waals surface area contributed by atoms with Gasteiger partial charge in [0.2, 0.25) is 0 Å². The monoisotopic (exact) mass is 207 g/mol. The topological polar surface area (TPSA) is 44.0 Å². The number of thioether (sulfide) groups is 1. The third-order valence-corrected chi connectivity index (χ3v) is 2.89. The number of nitriles is 1. The van der Waals surface area contributed by atoms with Crippen molar-refractivity contribution in [2.24, 2.45) is 0 Å². The summed E-state index contributed by atoms with van der Waals surface area (Å²) in [6.45, 7) is 4.14. The van der Waals surface area contributed by atoms with Crippen LogP contribution in [0.1, 0.15) is 31.7 Å². The molecule has 1 unspecified atom stereocenters. The number of phenols is 1. The summed E-state index contributed by atoms with van der Waals surface area (Å²) >= 11 is 1.12.